The summed E-state index contributed by atoms with van der Waals surface area (Å²) < 4.78 is 0. The van der Waals surface area contributed by atoms with E-state index in [0.29, 0.717) is 23.2 Å². The molecule has 19 heavy (non-hydrogen) atoms. The summed E-state index contributed by atoms with van der Waals surface area (Å²) in [6.45, 7) is 3.68. The molecule has 0 aliphatic carbocycles. The third-order valence-corrected chi connectivity index (χ3v) is 2.94. The summed E-state index contributed by atoms with van der Waals surface area (Å²) in [4.78, 5) is 23.0. The van der Waals surface area contributed by atoms with Crippen molar-refractivity contribution < 1.29 is 9.59 Å². The van der Waals surface area contributed by atoms with E-state index in [1.54, 1.807) is 25.1 Å². The molecule has 0 fully saturated rings. The van der Waals surface area contributed by atoms with E-state index >= 15 is 0 Å². The Morgan fingerprint density at radius 2 is 2.05 bits per heavy atom. The van der Waals surface area contributed by atoms with Gasteiger partial charge in [0.15, 0.2) is 0 Å². The first-order valence-electron chi connectivity index (χ1n) is 6.36. The van der Waals surface area contributed by atoms with E-state index in [-0.39, 0.29) is 11.9 Å². The van der Waals surface area contributed by atoms with Gasteiger partial charge >= 0.3 is 0 Å². The van der Waals surface area contributed by atoms with Gasteiger partial charge in [-0.2, -0.15) is 0 Å². The summed E-state index contributed by atoms with van der Waals surface area (Å²) in [7, 11) is 0. The van der Waals surface area contributed by atoms with Crippen LogP contribution in [0.4, 0.5) is 5.69 Å². The number of carbonyl (C=O) groups excluding carboxylic acids is 2. The second-order valence-corrected chi connectivity index (χ2v) is 4.76. The number of rotatable bonds is 6. The van der Waals surface area contributed by atoms with Crippen molar-refractivity contribution in [2.24, 2.45) is 11.5 Å². The molecule has 0 radical (unpaired) electrons. The zero-order valence-electron chi connectivity index (χ0n) is 11.4. The zero-order valence-corrected chi connectivity index (χ0v) is 11.4. The Hall–Kier alpha value is -1.88. The molecule has 2 amide bonds. The first kappa shape index (κ1) is 15.2. The second-order valence-electron chi connectivity index (χ2n) is 4.76. The fourth-order valence-electron chi connectivity index (χ4n) is 1.84. The highest BCUT2D eigenvalue weighted by molar-refractivity contribution is 5.98. The van der Waals surface area contributed by atoms with E-state index in [9.17, 15) is 9.59 Å². The van der Waals surface area contributed by atoms with Gasteiger partial charge in [-0.25, -0.2) is 0 Å². The molecule has 0 bridgehead atoms. The van der Waals surface area contributed by atoms with E-state index in [4.69, 9.17) is 11.5 Å². The largest absolute Gasteiger partial charge is 0.366 e. The van der Waals surface area contributed by atoms with E-state index in [1.165, 1.54) is 0 Å². The molecule has 0 aromatic heterocycles. The van der Waals surface area contributed by atoms with Gasteiger partial charge in [0.25, 0.3) is 0 Å². The van der Waals surface area contributed by atoms with E-state index in [2.05, 4.69) is 5.32 Å². The van der Waals surface area contributed by atoms with Crippen LogP contribution in [0, 0.1) is 6.92 Å². The SMILES string of the molecule is Cc1c(NC(=O)CCCC(C)N)cccc1C(N)=O. The zero-order chi connectivity index (χ0) is 14.4. The van der Waals surface area contributed by atoms with Gasteiger partial charge in [0, 0.05) is 23.7 Å². The summed E-state index contributed by atoms with van der Waals surface area (Å²) in [5.41, 5.74) is 12.6. The van der Waals surface area contributed by atoms with Gasteiger partial charge in [0.1, 0.15) is 0 Å². The molecule has 0 aliphatic heterocycles. The van der Waals surface area contributed by atoms with Gasteiger partial charge in [-0.3, -0.25) is 9.59 Å². The van der Waals surface area contributed by atoms with Crippen molar-refractivity contribution in [2.75, 3.05) is 5.32 Å². The van der Waals surface area contributed by atoms with Gasteiger partial charge in [-0.1, -0.05) is 6.07 Å². The maximum atomic E-state index is 11.8. The highest BCUT2D eigenvalue weighted by atomic mass is 16.2. The summed E-state index contributed by atoms with van der Waals surface area (Å²) in [5, 5.41) is 2.79. The van der Waals surface area contributed by atoms with Crippen LogP contribution in [0.3, 0.4) is 0 Å². The molecule has 1 atom stereocenters. The number of hydrogen-bond donors (Lipinski definition) is 3. The standard InChI is InChI=1S/C14H21N3O2/c1-9(15)5-3-8-13(18)17-12-7-4-6-11(10(12)2)14(16)19/h4,6-7,9H,3,5,8,15H2,1-2H3,(H2,16,19)(H,17,18). The van der Waals surface area contributed by atoms with Crippen molar-refractivity contribution in [2.45, 2.75) is 39.2 Å². The van der Waals surface area contributed by atoms with Crippen LogP contribution < -0.4 is 16.8 Å². The third-order valence-electron chi connectivity index (χ3n) is 2.94. The summed E-state index contributed by atoms with van der Waals surface area (Å²) in [6.07, 6.45) is 1.98. The van der Waals surface area contributed by atoms with Gasteiger partial charge in [-0.15, -0.1) is 0 Å². The Kier molecular flexibility index (Phi) is 5.51. The predicted molar refractivity (Wildman–Crippen MR) is 75.8 cm³/mol. The van der Waals surface area contributed by atoms with Crippen LogP contribution >= 0.6 is 0 Å². The molecule has 104 valence electrons. The third kappa shape index (κ3) is 4.71. The van der Waals surface area contributed by atoms with Crippen LogP contribution in [0.15, 0.2) is 18.2 Å². The first-order chi connectivity index (χ1) is 8.91. The minimum Gasteiger partial charge on any atom is -0.366 e. The molecular weight excluding hydrogens is 242 g/mol. The molecule has 0 saturated carbocycles. The minimum atomic E-state index is -0.495. The molecule has 1 aromatic carbocycles. The Labute approximate surface area is 113 Å². The Morgan fingerprint density at radius 1 is 1.37 bits per heavy atom. The molecule has 1 rings (SSSR count). The highest BCUT2D eigenvalue weighted by Gasteiger charge is 2.10. The molecule has 1 unspecified atom stereocenters. The van der Waals surface area contributed by atoms with Gasteiger partial charge < -0.3 is 16.8 Å². The molecular formula is C14H21N3O2. The normalized spacial score (nSPS) is 11.9. The fraction of sp³-hybridized carbons (Fsp3) is 0.429. The minimum absolute atomic E-state index is 0.0784. The van der Waals surface area contributed by atoms with Crippen LogP contribution in [0.2, 0.25) is 0 Å². The molecule has 0 saturated heterocycles. The number of anilines is 1. The lowest BCUT2D eigenvalue weighted by Gasteiger charge is -2.11. The molecule has 5 heteroatoms. The number of primary amides is 1. The molecule has 0 spiro atoms. The number of amides is 2. The maximum absolute atomic E-state index is 11.8. The van der Waals surface area contributed by atoms with E-state index < -0.39 is 5.91 Å². The predicted octanol–water partition coefficient (Wildman–Crippen LogP) is 1.55. The number of hydrogen-bond acceptors (Lipinski definition) is 3. The molecule has 1 aromatic rings. The van der Waals surface area contributed by atoms with Crippen molar-refractivity contribution in [3.05, 3.63) is 29.3 Å². The summed E-state index contributed by atoms with van der Waals surface area (Å²) >= 11 is 0. The second kappa shape index (κ2) is 6.89. The number of nitrogens with one attached hydrogen (secondary N) is 1. The number of carbonyl (C=O) groups is 2. The average Bonchev–Trinajstić information content (AvgIpc) is 2.31. The van der Waals surface area contributed by atoms with Crippen molar-refractivity contribution in [3.63, 3.8) is 0 Å². The Bertz CT molecular complexity index is 470. The maximum Gasteiger partial charge on any atom is 0.249 e. The van der Waals surface area contributed by atoms with Crippen molar-refractivity contribution in [1.29, 1.82) is 0 Å². The average molecular weight is 263 g/mol. The number of benzene rings is 1. The lowest BCUT2D eigenvalue weighted by atomic mass is 10.1. The molecule has 0 aliphatic rings. The monoisotopic (exact) mass is 263 g/mol. The topological polar surface area (TPSA) is 98.2 Å². The molecule has 5 nitrogen and oxygen atoms in total. The quantitative estimate of drug-likeness (QED) is 0.726. The van der Waals surface area contributed by atoms with Gasteiger partial charge in [0.2, 0.25) is 11.8 Å². The first-order valence-corrected chi connectivity index (χ1v) is 6.36. The van der Waals surface area contributed by atoms with Crippen LogP contribution in [0.1, 0.15) is 42.1 Å². The van der Waals surface area contributed by atoms with E-state index in [1.807, 2.05) is 6.92 Å². The fourth-order valence-corrected chi connectivity index (χ4v) is 1.84. The highest BCUT2D eigenvalue weighted by Crippen LogP contribution is 2.19. The van der Waals surface area contributed by atoms with Crippen LogP contribution in [0.25, 0.3) is 0 Å². The molecule has 0 heterocycles. The summed E-state index contributed by atoms with van der Waals surface area (Å²) in [5.74, 6) is -0.573. The van der Waals surface area contributed by atoms with Crippen LogP contribution in [-0.2, 0) is 4.79 Å². The Morgan fingerprint density at radius 3 is 2.63 bits per heavy atom. The molecule has 5 N–H and O–H groups in total. The van der Waals surface area contributed by atoms with Crippen LogP contribution in [0.5, 0.6) is 0 Å². The van der Waals surface area contributed by atoms with Crippen molar-refractivity contribution in [3.8, 4) is 0 Å². The Balaban J connectivity index is 2.64. The van der Waals surface area contributed by atoms with Gasteiger partial charge in [0.05, 0.1) is 0 Å². The lowest BCUT2D eigenvalue weighted by Crippen LogP contribution is -2.18. The van der Waals surface area contributed by atoms with Crippen molar-refractivity contribution >= 4 is 17.5 Å². The smallest absolute Gasteiger partial charge is 0.249 e. The lowest BCUT2D eigenvalue weighted by molar-refractivity contribution is -0.116. The summed E-state index contributed by atoms with van der Waals surface area (Å²) in [6, 6.07) is 5.20. The van der Waals surface area contributed by atoms with Crippen LogP contribution in [-0.4, -0.2) is 17.9 Å². The van der Waals surface area contributed by atoms with Gasteiger partial charge in [-0.05, 0) is 44.4 Å². The number of nitrogens with two attached hydrogens (primary N) is 2. The van der Waals surface area contributed by atoms with E-state index in [0.717, 1.165) is 12.8 Å². The van der Waals surface area contributed by atoms with Crippen molar-refractivity contribution in [1.82, 2.24) is 0 Å².